The highest BCUT2D eigenvalue weighted by Crippen LogP contribution is 2.41. The number of hydrogen-bond donors (Lipinski definition) is 1. The fourth-order valence-corrected chi connectivity index (χ4v) is 5.50. The lowest BCUT2D eigenvalue weighted by atomic mass is 10.1. The number of rotatable bonds is 5. The van der Waals surface area contributed by atoms with Gasteiger partial charge in [0.25, 0.3) is 0 Å². The quantitative estimate of drug-likeness (QED) is 0.848. The fraction of sp³-hybridized carbons (Fsp3) is 0.579. The van der Waals surface area contributed by atoms with E-state index >= 15 is 0 Å². The minimum absolute atomic E-state index is 0.0404. The van der Waals surface area contributed by atoms with E-state index in [1.165, 1.54) is 0 Å². The monoisotopic (exact) mass is 378 g/mol. The molecule has 0 radical (unpaired) electrons. The minimum Gasteiger partial charge on any atom is -0.339 e. The highest BCUT2D eigenvalue weighted by Gasteiger charge is 2.50. The van der Waals surface area contributed by atoms with Gasteiger partial charge in [-0.05, 0) is 45.2 Å². The van der Waals surface area contributed by atoms with Crippen molar-refractivity contribution >= 4 is 27.3 Å². The molecule has 2 amide bonds. The van der Waals surface area contributed by atoms with Crippen molar-refractivity contribution in [2.45, 2.75) is 39.7 Å². The Morgan fingerprint density at radius 1 is 1.23 bits per heavy atom. The van der Waals surface area contributed by atoms with Crippen molar-refractivity contribution in [3.05, 3.63) is 29.3 Å². The number of nitrogens with zero attached hydrogens (tertiary/aromatic N) is 1. The predicted molar refractivity (Wildman–Crippen MR) is 101 cm³/mol. The molecule has 0 bridgehead atoms. The van der Waals surface area contributed by atoms with E-state index in [1.807, 2.05) is 39.0 Å². The van der Waals surface area contributed by atoms with Crippen LogP contribution in [0.25, 0.3) is 0 Å². The summed E-state index contributed by atoms with van der Waals surface area (Å²) in [6.45, 7) is 6.27. The first-order valence-electron chi connectivity index (χ1n) is 9.11. The zero-order valence-electron chi connectivity index (χ0n) is 15.5. The van der Waals surface area contributed by atoms with Gasteiger partial charge in [-0.25, -0.2) is 8.42 Å². The molecule has 3 rings (SSSR count). The van der Waals surface area contributed by atoms with Crippen molar-refractivity contribution in [1.82, 2.24) is 4.90 Å². The summed E-state index contributed by atoms with van der Waals surface area (Å²) in [5.41, 5.74) is 2.89. The summed E-state index contributed by atoms with van der Waals surface area (Å²) in [6, 6.07) is 5.58. The number of benzene rings is 1. The van der Waals surface area contributed by atoms with Crippen molar-refractivity contribution in [2.75, 3.05) is 23.4 Å². The number of carbonyl (C=O) groups excluding carboxylic acids is 2. The Hall–Kier alpha value is -1.89. The molecule has 1 N–H and O–H groups in total. The summed E-state index contributed by atoms with van der Waals surface area (Å²) in [5, 5.41) is 2.92. The second kappa shape index (κ2) is 7.02. The average Bonchev–Trinajstić information content (AvgIpc) is 3.29. The Morgan fingerprint density at radius 2 is 1.96 bits per heavy atom. The van der Waals surface area contributed by atoms with Crippen LogP contribution in [0.3, 0.4) is 0 Å². The topological polar surface area (TPSA) is 83.6 Å². The average molecular weight is 378 g/mol. The molecular formula is C19H26N2O4S. The maximum absolute atomic E-state index is 12.8. The van der Waals surface area contributed by atoms with Crippen LogP contribution in [-0.2, 0) is 19.4 Å². The number of carbonyl (C=O) groups is 2. The molecule has 1 saturated carbocycles. The highest BCUT2D eigenvalue weighted by molar-refractivity contribution is 7.91. The van der Waals surface area contributed by atoms with Gasteiger partial charge in [-0.15, -0.1) is 0 Å². The van der Waals surface area contributed by atoms with Crippen molar-refractivity contribution in [3.63, 3.8) is 0 Å². The standard InChI is InChI=1S/C19H26N2O4S/c1-4-21(14-7-8-26(24,25)11-14)19(23)16-10-15(16)18(22)20-17-6-5-12(2)9-13(17)3/h5-6,9,14-16H,4,7-8,10-11H2,1-3H3,(H,20,22). The van der Waals surface area contributed by atoms with Gasteiger partial charge in [-0.1, -0.05) is 17.7 Å². The van der Waals surface area contributed by atoms with E-state index in [1.54, 1.807) is 4.90 Å². The van der Waals surface area contributed by atoms with Gasteiger partial charge in [0.1, 0.15) is 0 Å². The molecule has 1 aromatic rings. The Kier molecular flexibility index (Phi) is 5.10. The van der Waals surface area contributed by atoms with Gasteiger partial charge in [-0.3, -0.25) is 9.59 Å². The van der Waals surface area contributed by atoms with Crippen LogP contribution in [0.1, 0.15) is 30.9 Å². The molecule has 1 heterocycles. The zero-order chi connectivity index (χ0) is 19.1. The van der Waals surface area contributed by atoms with Crippen molar-refractivity contribution in [2.24, 2.45) is 11.8 Å². The third-order valence-corrected chi connectivity index (χ3v) is 7.11. The third-order valence-electron chi connectivity index (χ3n) is 5.36. The first-order valence-corrected chi connectivity index (χ1v) is 10.9. The maximum Gasteiger partial charge on any atom is 0.228 e. The molecule has 2 fully saturated rings. The van der Waals surface area contributed by atoms with Gasteiger partial charge in [0.2, 0.25) is 11.8 Å². The molecule has 1 aliphatic carbocycles. The molecular weight excluding hydrogens is 352 g/mol. The molecule has 0 spiro atoms. The number of sulfone groups is 1. The van der Waals surface area contributed by atoms with E-state index in [4.69, 9.17) is 0 Å². The molecule has 26 heavy (non-hydrogen) atoms. The van der Waals surface area contributed by atoms with E-state index in [9.17, 15) is 18.0 Å². The smallest absolute Gasteiger partial charge is 0.228 e. The SMILES string of the molecule is CCN(C(=O)C1CC1C(=O)Nc1ccc(C)cc1C)C1CCS(=O)(=O)C1. The van der Waals surface area contributed by atoms with E-state index < -0.39 is 9.84 Å². The van der Waals surface area contributed by atoms with Crippen molar-refractivity contribution in [3.8, 4) is 0 Å². The maximum atomic E-state index is 12.8. The zero-order valence-corrected chi connectivity index (χ0v) is 16.3. The number of anilines is 1. The van der Waals surface area contributed by atoms with Gasteiger partial charge in [0.15, 0.2) is 9.84 Å². The van der Waals surface area contributed by atoms with Crippen LogP contribution in [0.5, 0.6) is 0 Å². The molecule has 1 saturated heterocycles. The van der Waals surface area contributed by atoms with Crippen molar-refractivity contribution in [1.29, 1.82) is 0 Å². The lowest BCUT2D eigenvalue weighted by Gasteiger charge is -2.27. The van der Waals surface area contributed by atoms with Gasteiger partial charge in [0.05, 0.1) is 23.3 Å². The Morgan fingerprint density at radius 3 is 2.54 bits per heavy atom. The Bertz CT molecular complexity index is 834. The number of nitrogens with one attached hydrogen (secondary N) is 1. The molecule has 0 aromatic heterocycles. The van der Waals surface area contributed by atoms with E-state index in [0.717, 1.165) is 16.8 Å². The second-order valence-electron chi connectivity index (χ2n) is 7.44. The molecule has 3 atom stereocenters. The van der Waals surface area contributed by atoms with Crippen LogP contribution < -0.4 is 5.32 Å². The number of aryl methyl sites for hydroxylation is 2. The Labute approximate surface area is 154 Å². The first-order chi connectivity index (χ1) is 12.2. The van der Waals surface area contributed by atoms with E-state index in [0.29, 0.717) is 19.4 Å². The summed E-state index contributed by atoms with van der Waals surface area (Å²) >= 11 is 0. The molecule has 1 aliphatic heterocycles. The fourth-order valence-electron chi connectivity index (χ4n) is 3.77. The molecule has 2 aliphatic rings. The normalized spacial score (nSPS) is 26.3. The van der Waals surface area contributed by atoms with Gasteiger partial charge >= 0.3 is 0 Å². The van der Waals surface area contributed by atoms with Crippen LogP contribution >= 0.6 is 0 Å². The number of amides is 2. The lowest BCUT2D eigenvalue weighted by Crippen LogP contribution is -2.42. The van der Waals surface area contributed by atoms with E-state index in [2.05, 4.69) is 5.32 Å². The predicted octanol–water partition coefficient (Wildman–Crippen LogP) is 1.91. The summed E-state index contributed by atoms with van der Waals surface area (Å²) in [6.07, 6.45) is 1.03. The van der Waals surface area contributed by atoms with E-state index in [-0.39, 0.29) is 41.2 Å². The summed E-state index contributed by atoms with van der Waals surface area (Å²) in [7, 11) is -3.04. The van der Waals surface area contributed by atoms with Crippen LogP contribution in [0.2, 0.25) is 0 Å². The second-order valence-corrected chi connectivity index (χ2v) is 9.67. The van der Waals surface area contributed by atoms with Gasteiger partial charge < -0.3 is 10.2 Å². The summed E-state index contributed by atoms with van der Waals surface area (Å²) in [5.74, 6) is -0.693. The molecule has 6 nitrogen and oxygen atoms in total. The minimum atomic E-state index is -3.04. The van der Waals surface area contributed by atoms with Crippen LogP contribution in [0, 0.1) is 25.7 Å². The largest absolute Gasteiger partial charge is 0.339 e. The number of hydrogen-bond acceptors (Lipinski definition) is 4. The van der Waals surface area contributed by atoms with Crippen molar-refractivity contribution < 1.29 is 18.0 Å². The van der Waals surface area contributed by atoms with Crippen LogP contribution in [0.15, 0.2) is 18.2 Å². The third kappa shape index (κ3) is 3.92. The highest BCUT2D eigenvalue weighted by atomic mass is 32.2. The molecule has 3 unspecified atom stereocenters. The van der Waals surface area contributed by atoms with Gasteiger partial charge in [0, 0.05) is 18.3 Å². The summed E-state index contributed by atoms with van der Waals surface area (Å²) in [4.78, 5) is 26.9. The van der Waals surface area contributed by atoms with Crippen LogP contribution in [-0.4, -0.2) is 49.2 Å². The first kappa shape index (κ1) is 18.9. The lowest BCUT2D eigenvalue weighted by molar-refractivity contribution is -0.135. The van der Waals surface area contributed by atoms with Crippen LogP contribution in [0.4, 0.5) is 5.69 Å². The molecule has 142 valence electrons. The van der Waals surface area contributed by atoms with Gasteiger partial charge in [-0.2, -0.15) is 0 Å². The Balaban J connectivity index is 1.61. The molecule has 7 heteroatoms. The molecule has 1 aromatic carbocycles. The summed E-state index contributed by atoms with van der Waals surface area (Å²) < 4.78 is 23.4.